The summed E-state index contributed by atoms with van der Waals surface area (Å²) < 4.78 is 50.8. The van der Waals surface area contributed by atoms with Crippen LogP contribution in [0.25, 0.3) is 0 Å². The molecule has 0 radical (unpaired) electrons. The summed E-state index contributed by atoms with van der Waals surface area (Å²) in [6.45, 7) is 3.26. The zero-order valence-electron chi connectivity index (χ0n) is 20.1. The largest absolute Gasteiger partial charge is 0.468 e. The van der Waals surface area contributed by atoms with E-state index in [9.17, 15) is 22.8 Å². The Labute approximate surface area is 213 Å². The van der Waals surface area contributed by atoms with Gasteiger partial charge in [0.25, 0.3) is 0 Å². The number of ether oxygens (including phenoxy) is 2. The van der Waals surface area contributed by atoms with Crippen molar-refractivity contribution in [1.82, 2.24) is 0 Å². The number of hydrogen-bond donors (Lipinski definition) is 0. The Kier molecular flexibility index (Phi) is 8.95. The minimum Gasteiger partial charge on any atom is -0.468 e. The molecule has 0 saturated heterocycles. The second kappa shape index (κ2) is 11.7. The Hall–Kier alpha value is -3.13. The molecule has 2 aromatic carbocycles. The maximum atomic E-state index is 13.5. The van der Waals surface area contributed by atoms with Crippen molar-refractivity contribution in [2.45, 2.75) is 44.2 Å². The van der Waals surface area contributed by atoms with Gasteiger partial charge in [0.2, 0.25) is 0 Å². The first-order chi connectivity index (χ1) is 17.1. The van der Waals surface area contributed by atoms with Gasteiger partial charge < -0.3 is 9.47 Å². The van der Waals surface area contributed by atoms with Gasteiger partial charge in [0, 0.05) is 11.6 Å². The van der Waals surface area contributed by atoms with Crippen LogP contribution in [0.15, 0.2) is 70.9 Å². The molecular weight excluding hydrogens is 495 g/mol. The van der Waals surface area contributed by atoms with E-state index >= 15 is 0 Å². The molecule has 0 amide bonds. The summed E-state index contributed by atoms with van der Waals surface area (Å²) in [7, 11) is 1.18. The fourth-order valence-corrected chi connectivity index (χ4v) is 4.62. The van der Waals surface area contributed by atoms with E-state index in [0.29, 0.717) is 17.8 Å². The lowest BCUT2D eigenvalue weighted by molar-refractivity contribution is -0.144. The number of allylic oxidation sites excluding steroid dienone is 1. The van der Waals surface area contributed by atoms with Crippen LogP contribution in [0.3, 0.4) is 0 Å². The van der Waals surface area contributed by atoms with Crippen LogP contribution in [0.4, 0.5) is 13.2 Å². The summed E-state index contributed by atoms with van der Waals surface area (Å²) in [5.74, 6) is -3.62. The van der Waals surface area contributed by atoms with E-state index in [4.69, 9.17) is 21.1 Å². The maximum absolute atomic E-state index is 13.5. The van der Waals surface area contributed by atoms with Crippen LogP contribution >= 0.6 is 11.6 Å². The molecular formula is C27H27ClF3NO4. The zero-order valence-corrected chi connectivity index (χ0v) is 20.9. The average molecular weight is 522 g/mol. The third-order valence-electron chi connectivity index (χ3n) is 6.04. The standard InChI is InChI=1S/C27H27ClF3NO4/c1-4-36-26(34)24-21(14-13-20(28)17-9-6-5-7-10-17)32-16(2)22(25(33)35-3)23(24)18-11-8-12-19(15-18)27(29,30)31/h5-12,15,20,22-23H,4,13-14H2,1-3H3. The number of nitrogens with zero attached hydrogens (tertiary/aromatic N) is 1. The Morgan fingerprint density at radius 2 is 1.81 bits per heavy atom. The first kappa shape index (κ1) is 27.5. The minimum absolute atomic E-state index is 0.0362. The highest BCUT2D eigenvalue weighted by atomic mass is 35.5. The number of aliphatic imine (C=N–C) groups is 1. The number of benzene rings is 2. The lowest BCUT2D eigenvalue weighted by Crippen LogP contribution is -2.36. The molecule has 3 rings (SSSR count). The summed E-state index contributed by atoms with van der Waals surface area (Å²) in [5.41, 5.74) is 0.831. The van der Waals surface area contributed by atoms with E-state index in [1.54, 1.807) is 13.8 Å². The first-order valence-electron chi connectivity index (χ1n) is 11.5. The van der Waals surface area contributed by atoms with Crippen LogP contribution in [0.5, 0.6) is 0 Å². The number of methoxy groups -OCH3 is 1. The Balaban J connectivity index is 2.13. The smallest absolute Gasteiger partial charge is 0.416 e. The lowest BCUT2D eigenvalue weighted by atomic mass is 9.74. The highest BCUT2D eigenvalue weighted by molar-refractivity contribution is 6.20. The van der Waals surface area contributed by atoms with Crippen molar-refractivity contribution in [2.75, 3.05) is 13.7 Å². The Morgan fingerprint density at radius 1 is 1.11 bits per heavy atom. The fraction of sp³-hybridized carbons (Fsp3) is 0.370. The number of rotatable bonds is 8. The zero-order chi connectivity index (χ0) is 26.5. The molecule has 1 heterocycles. The highest BCUT2D eigenvalue weighted by Crippen LogP contribution is 2.43. The second-order valence-electron chi connectivity index (χ2n) is 8.35. The number of halogens is 4. The number of alkyl halides is 4. The van der Waals surface area contributed by atoms with Gasteiger partial charge in [-0.3, -0.25) is 9.79 Å². The van der Waals surface area contributed by atoms with Gasteiger partial charge in [-0.25, -0.2) is 4.79 Å². The topological polar surface area (TPSA) is 65.0 Å². The van der Waals surface area contributed by atoms with Gasteiger partial charge in [-0.15, -0.1) is 11.6 Å². The molecule has 1 aliphatic heterocycles. The number of hydrogen-bond acceptors (Lipinski definition) is 5. The van der Waals surface area contributed by atoms with E-state index in [2.05, 4.69) is 4.99 Å². The molecule has 0 spiro atoms. The van der Waals surface area contributed by atoms with Crippen molar-refractivity contribution in [3.63, 3.8) is 0 Å². The molecule has 192 valence electrons. The monoisotopic (exact) mass is 521 g/mol. The van der Waals surface area contributed by atoms with Crippen LogP contribution in [-0.2, 0) is 25.2 Å². The van der Waals surface area contributed by atoms with Crippen LogP contribution in [0, 0.1) is 5.92 Å². The van der Waals surface area contributed by atoms with Crippen LogP contribution < -0.4 is 0 Å². The number of carbonyl (C=O) groups is 2. The molecule has 0 bridgehead atoms. The fourth-order valence-electron chi connectivity index (χ4n) is 4.37. The molecule has 0 aromatic heterocycles. The van der Waals surface area contributed by atoms with Crippen molar-refractivity contribution in [2.24, 2.45) is 10.9 Å². The summed E-state index contributed by atoms with van der Waals surface area (Å²) in [6.07, 6.45) is -3.95. The summed E-state index contributed by atoms with van der Waals surface area (Å²) >= 11 is 6.59. The quantitative estimate of drug-likeness (QED) is 0.289. The average Bonchev–Trinajstić information content (AvgIpc) is 2.86. The maximum Gasteiger partial charge on any atom is 0.416 e. The molecule has 0 aliphatic carbocycles. The molecule has 0 N–H and O–H groups in total. The molecule has 2 aromatic rings. The van der Waals surface area contributed by atoms with E-state index < -0.39 is 35.5 Å². The lowest BCUT2D eigenvalue weighted by Gasteiger charge is -2.32. The third-order valence-corrected chi connectivity index (χ3v) is 6.51. The van der Waals surface area contributed by atoms with E-state index in [0.717, 1.165) is 17.7 Å². The van der Waals surface area contributed by atoms with Crippen molar-refractivity contribution in [3.05, 3.63) is 82.6 Å². The van der Waals surface area contributed by atoms with Gasteiger partial charge in [-0.1, -0.05) is 48.5 Å². The molecule has 3 unspecified atom stereocenters. The Morgan fingerprint density at radius 3 is 2.42 bits per heavy atom. The van der Waals surface area contributed by atoms with Crippen molar-refractivity contribution in [3.8, 4) is 0 Å². The normalized spacial score (nSPS) is 18.9. The van der Waals surface area contributed by atoms with Gasteiger partial charge in [-0.2, -0.15) is 13.2 Å². The highest BCUT2D eigenvalue weighted by Gasteiger charge is 2.43. The van der Waals surface area contributed by atoms with Gasteiger partial charge in [0.05, 0.1) is 35.9 Å². The molecule has 0 fully saturated rings. The van der Waals surface area contributed by atoms with Crippen molar-refractivity contribution in [1.29, 1.82) is 0 Å². The van der Waals surface area contributed by atoms with Gasteiger partial charge >= 0.3 is 18.1 Å². The Bertz CT molecular complexity index is 1160. The molecule has 3 atom stereocenters. The SMILES string of the molecule is CCOC(=O)C1=C(CCC(Cl)c2ccccc2)N=C(C)C(C(=O)OC)C1c1cccc(C(F)(F)F)c1. The summed E-state index contributed by atoms with van der Waals surface area (Å²) in [6, 6.07) is 14.0. The van der Waals surface area contributed by atoms with Crippen molar-refractivity contribution >= 4 is 29.3 Å². The van der Waals surface area contributed by atoms with Crippen LogP contribution in [0.1, 0.15) is 54.7 Å². The minimum atomic E-state index is -4.60. The van der Waals surface area contributed by atoms with Crippen LogP contribution in [0.2, 0.25) is 0 Å². The molecule has 5 nitrogen and oxygen atoms in total. The van der Waals surface area contributed by atoms with Gasteiger partial charge in [0.1, 0.15) is 5.92 Å². The van der Waals surface area contributed by atoms with Gasteiger partial charge in [0.15, 0.2) is 0 Å². The molecule has 1 aliphatic rings. The summed E-state index contributed by atoms with van der Waals surface area (Å²) in [4.78, 5) is 30.5. The van der Waals surface area contributed by atoms with Gasteiger partial charge in [-0.05, 0) is 43.9 Å². The van der Waals surface area contributed by atoms with E-state index in [1.807, 2.05) is 30.3 Å². The predicted molar refractivity (Wildman–Crippen MR) is 131 cm³/mol. The van der Waals surface area contributed by atoms with E-state index in [1.165, 1.54) is 19.2 Å². The summed E-state index contributed by atoms with van der Waals surface area (Å²) in [5, 5.41) is -0.386. The van der Waals surface area contributed by atoms with Crippen LogP contribution in [-0.4, -0.2) is 31.4 Å². The molecule has 9 heteroatoms. The predicted octanol–water partition coefficient (Wildman–Crippen LogP) is 6.63. The number of carbonyl (C=O) groups excluding carboxylic acids is 2. The van der Waals surface area contributed by atoms with E-state index in [-0.39, 0.29) is 29.5 Å². The first-order valence-corrected chi connectivity index (χ1v) is 11.9. The third kappa shape index (κ3) is 6.16. The second-order valence-corrected chi connectivity index (χ2v) is 8.88. The molecule has 36 heavy (non-hydrogen) atoms. The van der Waals surface area contributed by atoms with Crippen molar-refractivity contribution < 1.29 is 32.2 Å². The number of esters is 2. The molecule has 0 saturated carbocycles.